The van der Waals surface area contributed by atoms with Crippen LogP contribution < -0.4 is 15.5 Å². The van der Waals surface area contributed by atoms with Crippen LogP contribution in [0.1, 0.15) is 64.2 Å². The highest BCUT2D eigenvalue weighted by atomic mass is 16.7. The molecule has 136 valence electrons. The second-order valence-electron chi connectivity index (χ2n) is 7.88. The molecular formula is C19H28BNO4. The van der Waals surface area contributed by atoms with Crippen molar-refractivity contribution in [3.05, 3.63) is 23.8 Å². The monoisotopic (exact) mass is 345 g/mol. The highest BCUT2D eigenvalue weighted by molar-refractivity contribution is 6.62. The van der Waals surface area contributed by atoms with Crippen LogP contribution in [0, 0.1) is 0 Å². The Morgan fingerprint density at radius 3 is 2.40 bits per heavy atom. The minimum atomic E-state index is -0.490. The summed E-state index contributed by atoms with van der Waals surface area (Å²) in [5, 5.41) is 3.08. The van der Waals surface area contributed by atoms with E-state index in [0.717, 1.165) is 18.3 Å². The fourth-order valence-corrected chi connectivity index (χ4v) is 2.95. The highest BCUT2D eigenvalue weighted by Crippen LogP contribution is 2.36. The highest BCUT2D eigenvalue weighted by Gasteiger charge is 2.51. The molecule has 1 saturated carbocycles. The Hall–Kier alpha value is -1.53. The number of ether oxygens (including phenoxy) is 1. The molecule has 2 fully saturated rings. The van der Waals surface area contributed by atoms with E-state index in [1.165, 1.54) is 6.42 Å². The molecule has 6 heteroatoms. The normalized spacial score (nSPS) is 21.7. The lowest BCUT2D eigenvalue weighted by Gasteiger charge is -2.32. The topological polar surface area (TPSA) is 56.8 Å². The maximum Gasteiger partial charge on any atom is 0.494 e. The Kier molecular flexibility index (Phi) is 4.86. The predicted molar refractivity (Wildman–Crippen MR) is 98.4 cm³/mol. The van der Waals surface area contributed by atoms with Crippen molar-refractivity contribution in [2.75, 3.05) is 6.61 Å². The van der Waals surface area contributed by atoms with Gasteiger partial charge in [-0.1, -0.05) is 6.07 Å². The molecule has 0 atom stereocenters. The van der Waals surface area contributed by atoms with Gasteiger partial charge in [-0.05, 0) is 71.5 Å². The van der Waals surface area contributed by atoms with Gasteiger partial charge in [0.15, 0.2) is 0 Å². The fourth-order valence-electron chi connectivity index (χ4n) is 2.95. The molecule has 2 aliphatic rings. The smallest absolute Gasteiger partial charge is 0.493 e. The zero-order valence-electron chi connectivity index (χ0n) is 15.8. The Bertz CT molecular complexity index is 639. The summed E-state index contributed by atoms with van der Waals surface area (Å²) in [7, 11) is -0.490. The summed E-state index contributed by atoms with van der Waals surface area (Å²) >= 11 is 0. The van der Waals surface area contributed by atoms with E-state index in [4.69, 9.17) is 14.0 Å². The van der Waals surface area contributed by atoms with Crippen LogP contribution in [0.25, 0.3) is 0 Å². The zero-order valence-corrected chi connectivity index (χ0v) is 15.8. The van der Waals surface area contributed by atoms with Crippen molar-refractivity contribution in [1.82, 2.24) is 5.32 Å². The second-order valence-corrected chi connectivity index (χ2v) is 7.88. The lowest BCUT2D eigenvalue weighted by molar-refractivity contribution is 0.00578. The molecule has 25 heavy (non-hydrogen) atoms. The van der Waals surface area contributed by atoms with Gasteiger partial charge in [-0.3, -0.25) is 4.79 Å². The number of nitrogens with one attached hydrogen (secondary N) is 1. The van der Waals surface area contributed by atoms with Crippen LogP contribution in [0.5, 0.6) is 5.75 Å². The molecule has 1 N–H and O–H groups in total. The Labute approximate surface area is 150 Å². The number of rotatable bonds is 5. The van der Waals surface area contributed by atoms with Gasteiger partial charge in [-0.25, -0.2) is 0 Å². The number of hydrogen-bond donors (Lipinski definition) is 1. The number of benzene rings is 1. The quantitative estimate of drug-likeness (QED) is 0.834. The van der Waals surface area contributed by atoms with Gasteiger partial charge in [-0.15, -0.1) is 0 Å². The van der Waals surface area contributed by atoms with E-state index >= 15 is 0 Å². The maximum absolute atomic E-state index is 12.7. The average molecular weight is 345 g/mol. The average Bonchev–Trinajstić information content (AvgIpc) is 2.72. The standard InChI is InChI=1S/C19H28BNO4/c1-6-23-16-11-10-13(20-24-18(2,3)19(4,5)25-20)12-15(16)17(22)21-14-8-7-9-14/h10-12,14H,6-9H2,1-5H3,(H,21,22). The molecule has 5 nitrogen and oxygen atoms in total. The van der Waals surface area contributed by atoms with E-state index in [1.54, 1.807) is 0 Å². The van der Waals surface area contributed by atoms with E-state index in [1.807, 2.05) is 52.8 Å². The molecule has 0 aromatic heterocycles. The molecule has 0 spiro atoms. The van der Waals surface area contributed by atoms with E-state index < -0.39 is 18.3 Å². The molecule has 1 aromatic carbocycles. The molecule has 1 aliphatic heterocycles. The SMILES string of the molecule is CCOc1ccc(B2OC(C)(C)C(C)(C)O2)cc1C(=O)NC1CCC1. The van der Waals surface area contributed by atoms with Crippen LogP contribution in [0.3, 0.4) is 0 Å². The summed E-state index contributed by atoms with van der Waals surface area (Å²) in [5.41, 5.74) is 0.553. The third kappa shape index (κ3) is 3.56. The summed E-state index contributed by atoms with van der Waals surface area (Å²) in [4.78, 5) is 12.7. The lowest BCUT2D eigenvalue weighted by atomic mass is 9.78. The third-order valence-electron chi connectivity index (χ3n) is 5.51. The molecular weight excluding hydrogens is 317 g/mol. The van der Waals surface area contributed by atoms with Gasteiger partial charge in [0.2, 0.25) is 0 Å². The van der Waals surface area contributed by atoms with Gasteiger partial charge in [0.05, 0.1) is 23.4 Å². The number of carbonyl (C=O) groups is 1. The van der Waals surface area contributed by atoms with Crippen molar-refractivity contribution in [3.63, 3.8) is 0 Å². The number of hydrogen-bond acceptors (Lipinski definition) is 4. The van der Waals surface area contributed by atoms with Crippen LogP contribution in [0.15, 0.2) is 18.2 Å². The van der Waals surface area contributed by atoms with E-state index in [0.29, 0.717) is 17.9 Å². The second kappa shape index (κ2) is 6.65. The van der Waals surface area contributed by atoms with Crippen LogP contribution >= 0.6 is 0 Å². The van der Waals surface area contributed by atoms with Crippen LogP contribution in [-0.4, -0.2) is 36.9 Å². The Balaban J connectivity index is 1.86. The molecule has 0 bridgehead atoms. The van der Waals surface area contributed by atoms with E-state index in [9.17, 15) is 4.79 Å². The van der Waals surface area contributed by atoms with Crippen molar-refractivity contribution in [2.45, 2.75) is 71.1 Å². The van der Waals surface area contributed by atoms with Gasteiger partial charge >= 0.3 is 7.12 Å². The summed E-state index contributed by atoms with van der Waals surface area (Å²) < 4.78 is 17.9. The van der Waals surface area contributed by atoms with E-state index in [-0.39, 0.29) is 11.9 Å². The van der Waals surface area contributed by atoms with Gasteiger partial charge in [-0.2, -0.15) is 0 Å². The van der Waals surface area contributed by atoms with Gasteiger partial charge < -0.3 is 19.4 Å². The van der Waals surface area contributed by atoms with Gasteiger partial charge in [0, 0.05) is 6.04 Å². The molecule has 1 aliphatic carbocycles. The fraction of sp³-hybridized carbons (Fsp3) is 0.632. The lowest BCUT2D eigenvalue weighted by Crippen LogP contribution is -2.41. The molecule has 1 heterocycles. The van der Waals surface area contributed by atoms with Gasteiger partial charge in [0.1, 0.15) is 5.75 Å². The van der Waals surface area contributed by atoms with Gasteiger partial charge in [0.25, 0.3) is 5.91 Å². The van der Waals surface area contributed by atoms with E-state index in [2.05, 4.69) is 5.32 Å². The van der Waals surface area contributed by atoms with Crippen LogP contribution in [0.4, 0.5) is 0 Å². The van der Waals surface area contributed by atoms with Crippen molar-refractivity contribution in [1.29, 1.82) is 0 Å². The summed E-state index contributed by atoms with van der Waals surface area (Å²) in [6, 6.07) is 5.86. The third-order valence-corrected chi connectivity index (χ3v) is 5.51. The largest absolute Gasteiger partial charge is 0.494 e. The Morgan fingerprint density at radius 1 is 1.24 bits per heavy atom. The van der Waals surface area contributed by atoms with Crippen molar-refractivity contribution < 1.29 is 18.8 Å². The predicted octanol–water partition coefficient (Wildman–Crippen LogP) is 2.67. The molecule has 1 aromatic rings. The molecule has 3 rings (SSSR count). The number of amides is 1. The number of carbonyl (C=O) groups excluding carboxylic acids is 1. The molecule has 1 amide bonds. The van der Waals surface area contributed by atoms with Crippen molar-refractivity contribution >= 4 is 18.5 Å². The first kappa shape index (κ1) is 18.3. The van der Waals surface area contributed by atoms with Crippen LogP contribution in [-0.2, 0) is 9.31 Å². The first-order valence-electron chi connectivity index (χ1n) is 9.17. The molecule has 0 radical (unpaired) electrons. The van der Waals surface area contributed by atoms with Crippen molar-refractivity contribution in [2.24, 2.45) is 0 Å². The zero-order chi connectivity index (χ0) is 18.2. The first-order valence-corrected chi connectivity index (χ1v) is 9.17. The summed E-state index contributed by atoms with van der Waals surface area (Å²) in [6.07, 6.45) is 3.27. The first-order chi connectivity index (χ1) is 11.7. The minimum absolute atomic E-state index is 0.0912. The van der Waals surface area contributed by atoms with Crippen LogP contribution in [0.2, 0.25) is 0 Å². The Morgan fingerprint density at radius 2 is 1.88 bits per heavy atom. The maximum atomic E-state index is 12.7. The summed E-state index contributed by atoms with van der Waals surface area (Å²) in [6.45, 7) is 10.5. The molecule has 0 unspecified atom stereocenters. The van der Waals surface area contributed by atoms with Crippen molar-refractivity contribution in [3.8, 4) is 5.75 Å². The summed E-state index contributed by atoms with van der Waals surface area (Å²) in [5.74, 6) is 0.506. The molecule has 1 saturated heterocycles. The minimum Gasteiger partial charge on any atom is -0.493 e.